The molecular weight excluding hydrogens is 450 g/mol. The standard InChI is InChI=1S/C17H18BrN5O4S/c18-9-3-1-2-8(4-9)6-28-15-11-14(21-17(19)22-15)23(7-20-11)16-13(26)12(25)10(5-24)27-16/h1-4,7,10,12-13,16,24-26H,5-6H2,(H2,19,21,22)/t10-,12-,13-,16-/m1/s1. The van der Waals surface area contributed by atoms with Crippen LogP contribution in [0.15, 0.2) is 40.1 Å². The molecule has 1 fully saturated rings. The summed E-state index contributed by atoms with van der Waals surface area (Å²) in [6.07, 6.45) is -2.81. The van der Waals surface area contributed by atoms with Gasteiger partial charge in [0.25, 0.3) is 0 Å². The number of halogens is 1. The number of benzene rings is 1. The Labute approximate surface area is 172 Å². The SMILES string of the molecule is Nc1nc(SCc2cccc(Br)c2)c2ncn([C@@H]3O[C@H](CO)[C@@H](O)[C@H]3O)c2n1. The van der Waals surface area contributed by atoms with Crippen molar-refractivity contribution in [3.05, 3.63) is 40.6 Å². The van der Waals surface area contributed by atoms with Crippen LogP contribution in [0, 0.1) is 0 Å². The van der Waals surface area contributed by atoms with Gasteiger partial charge in [-0.05, 0) is 17.7 Å². The van der Waals surface area contributed by atoms with E-state index in [4.69, 9.17) is 10.5 Å². The van der Waals surface area contributed by atoms with Gasteiger partial charge in [-0.1, -0.05) is 39.8 Å². The molecule has 4 atom stereocenters. The Balaban J connectivity index is 1.65. The van der Waals surface area contributed by atoms with Gasteiger partial charge in [-0.25, -0.2) is 9.97 Å². The van der Waals surface area contributed by atoms with E-state index >= 15 is 0 Å². The van der Waals surface area contributed by atoms with Crippen molar-refractivity contribution >= 4 is 44.8 Å². The molecule has 1 aromatic carbocycles. The quantitative estimate of drug-likeness (QED) is 0.320. The van der Waals surface area contributed by atoms with Crippen LogP contribution in [-0.4, -0.2) is 59.8 Å². The average molecular weight is 468 g/mol. The molecule has 3 heterocycles. The van der Waals surface area contributed by atoms with Crippen LogP contribution in [0.2, 0.25) is 0 Å². The smallest absolute Gasteiger partial charge is 0.223 e. The second kappa shape index (κ2) is 7.93. The van der Waals surface area contributed by atoms with Crippen molar-refractivity contribution in [1.82, 2.24) is 19.5 Å². The molecule has 0 radical (unpaired) electrons. The first-order valence-corrected chi connectivity index (χ1v) is 10.3. The number of aliphatic hydroxyl groups is 3. The predicted octanol–water partition coefficient (Wildman–Crippen LogP) is 1.07. The number of anilines is 1. The van der Waals surface area contributed by atoms with Gasteiger partial charge in [-0.3, -0.25) is 4.57 Å². The van der Waals surface area contributed by atoms with Crippen LogP contribution in [0.4, 0.5) is 5.95 Å². The fraction of sp³-hybridized carbons (Fsp3) is 0.353. The Morgan fingerprint density at radius 3 is 2.79 bits per heavy atom. The van der Waals surface area contributed by atoms with E-state index in [2.05, 4.69) is 30.9 Å². The zero-order valence-corrected chi connectivity index (χ0v) is 16.9. The molecule has 5 N–H and O–H groups in total. The Hall–Kier alpha value is -1.76. The number of fused-ring (bicyclic) bond motifs is 1. The second-order valence-electron chi connectivity index (χ2n) is 6.36. The molecule has 1 aliphatic heterocycles. The number of ether oxygens (including phenoxy) is 1. The van der Waals surface area contributed by atoms with Gasteiger partial charge in [0.05, 0.1) is 12.9 Å². The summed E-state index contributed by atoms with van der Waals surface area (Å²) in [5.41, 5.74) is 7.90. The Morgan fingerprint density at radius 2 is 2.07 bits per heavy atom. The van der Waals surface area contributed by atoms with Gasteiger partial charge in [0, 0.05) is 10.2 Å². The van der Waals surface area contributed by atoms with Crippen LogP contribution in [0.25, 0.3) is 11.2 Å². The number of hydrogen-bond donors (Lipinski definition) is 4. The molecule has 9 nitrogen and oxygen atoms in total. The number of nitrogens with zero attached hydrogens (tertiary/aromatic N) is 4. The minimum Gasteiger partial charge on any atom is -0.394 e. The third-order valence-corrected chi connectivity index (χ3v) is 5.99. The minimum atomic E-state index is -1.23. The lowest BCUT2D eigenvalue weighted by Gasteiger charge is -2.16. The summed E-state index contributed by atoms with van der Waals surface area (Å²) in [5.74, 6) is 0.726. The summed E-state index contributed by atoms with van der Waals surface area (Å²) < 4.78 is 8.06. The van der Waals surface area contributed by atoms with E-state index in [1.807, 2.05) is 24.3 Å². The zero-order chi connectivity index (χ0) is 19.8. The molecule has 2 aromatic heterocycles. The molecule has 28 heavy (non-hydrogen) atoms. The van der Waals surface area contributed by atoms with E-state index in [1.54, 1.807) is 0 Å². The summed E-state index contributed by atoms with van der Waals surface area (Å²) in [4.78, 5) is 12.9. The largest absolute Gasteiger partial charge is 0.394 e. The first kappa shape index (κ1) is 19.6. The summed E-state index contributed by atoms with van der Waals surface area (Å²) in [6, 6.07) is 7.95. The van der Waals surface area contributed by atoms with Crippen LogP contribution in [-0.2, 0) is 10.5 Å². The lowest BCUT2D eigenvalue weighted by atomic mass is 10.1. The van der Waals surface area contributed by atoms with Crippen LogP contribution in [0.5, 0.6) is 0 Å². The lowest BCUT2D eigenvalue weighted by molar-refractivity contribution is -0.0511. The number of thioether (sulfide) groups is 1. The lowest BCUT2D eigenvalue weighted by Crippen LogP contribution is -2.33. The highest BCUT2D eigenvalue weighted by Gasteiger charge is 2.44. The minimum absolute atomic E-state index is 0.0673. The highest BCUT2D eigenvalue weighted by atomic mass is 79.9. The maximum absolute atomic E-state index is 10.3. The van der Waals surface area contributed by atoms with Crippen molar-refractivity contribution in [1.29, 1.82) is 0 Å². The highest BCUT2D eigenvalue weighted by Crippen LogP contribution is 2.34. The first-order chi connectivity index (χ1) is 13.5. The number of imidazole rings is 1. The van der Waals surface area contributed by atoms with Gasteiger partial charge in [0.1, 0.15) is 28.9 Å². The van der Waals surface area contributed by atoms with Crippen LogP contribution in [0.3, 0.4) is 0 Å². The number of hydrogen-bond acceptors (Lipinski definition) is 9. The Kier molecular flexibility index (Phi) is 5.54. The summed E-state index contributed by atoms with van der Waals surface area (Å²) in [6.45, 7) is -0.410. The zero-order valence-electron chi connectivity index (χ0n) is 14.5. The molecule has 4 rings (SSSR count). The first-order valence-electron chi connectivity index (χ1n) is 8.47. The van der Waals surface area contributed by atoms with Crippen LogP contribution in [0.1, 0.15) is 11.8 Å². The molecule has 148 valence electrons. The number of aliphatic hydroxyl groups excluding tert-OH is 3. The Bertz CT molecular complexity index is 1000. The maximum atomic E-state index is 10.3. The molecule has 0 aliphatic carbocycles. The molecule has 1 saturated heterocycles. The van der Waals surface area contributed by atoms with E-state index in [0.717, 1.165) is 10.0 Å². The average Bonchev–Trinajstić information content (AvgIpc) is 3.21. The van der Waals surface area contributed by atoms with Crippen molar-refractivity contribution in [2.75, 3.05) is 12.3 Å². The second-order valence-corrected chi connectivity index (χ2v) is 8.24. The topological polar surface area (TPSA) is 140 Å². The van der Waals surface area contributed by atoms with Crippen molar-refractivity contribution < 1.29 is 20.1 Å². The molecule has 0 saturated carbocycles. The van der Waals surface area contributed by atoms with E-state index in [-0.39, 0.29) is 5.95 Å². The number of rotatable bonds is 5. The van der Waals surface area contributed by atoms with Gasteiger partial charge in [-0.2, -0.15) is 4.98 Å². The van der Waals surface area contributed by atoms with Crippen molar-refractivity contribution in [2.45, 2.75) is 35.3 Å². The number of nitrogen functional groups attached to an aromatic ring is 1. The van der Waals surface area contributed by atoms with Gasteiger partial charge < -0.3 is 25.8 Å². The normalized spacial score (nSPS) is 24.9. The maximum Gasteiger partial charge on any atom is 0.223 e. The third kappa shape index (κ3) is 3.61. The van der Waals surface area contributed by atoms with E-state index in [0.29, 0.717) is 21.9 Å². The van der Waals surface area contributed by atoms with Gasteiger partial charge in [0.15, 0.2) is 11.9 Å². The molecule has 11 heteroatoms. The van der Waals surface area contributed by atoms with Gasteiger partial charge in [-0.15, -0.1) is 0 Å². The summed E-state index contributed by atoms with van der Waals surface area (Å²) >= 11 is 4.92. The molecular formula is C17H18BrN5O4S. The molecule has 0 amide bonds. The van der Waals surface area contributed by atoms with Gasteiger partial charge in [0.2, 0.25) is 5.95 Å². The van der Waals surface area contributed by atoms with Crippen molar-refractivity contribution in [3.8, 4) is 0 Å². The molecule has 3 aromatic rings. The van der Waals surface area contributed by atoms with Crippen molar-refractivity contribution in [2.24, 2.45) is 0 Å². The third-order valence-electron chi connectivity index (χ3n) is 4.46. The summed E-state index contributed by atoms with van der Waals surface area (Å²) in [7, 11) is 0. The number of aromatic nitrogens is 4. The van der Waals surface area contributed by atoms with Crippen LogP contribution >= 0.6 is 27.7 Å². The number of nitrogens with two attached hydrogens (primary N) is 1. The molecule has 0 bridgehead atoms. The Morgan fingerprint density at radius 1 is 1.25 bits per heavy atom. The highest BCUT2D eigenvalue weighted by molar-refractivity contribution is 9.10. The predicted molar refractivity (Wildman–Crippen MR) is 106 cm³/mol. The summed E-state index contributed by atoms with van der Waals surface area (Å²) in [5, 5.41) is 30.2. The van der Waals surface area contributed by atoms with Crippen LogP contribution < -0.4 is 5.73 Å². The fourth-order valence-corrected chi connectivity index (χ4v) is 4.45. The fourth-order valence-electron chi connectivity index (χ4n) is 3.08. The van der Waals surface area contributed by atoms with E-state index in [1.165, 1.54) is 22.7 Å². The van der Waals surface area contributed by atoms with Gasteiger partial charge >= 0.3 is 0 Å². The van der Waals surface area contributed by atoms with E-state index in [9.17, 15) is 15.3 Å². The molecule has 1 aliphatic rings. The monoisotopic (exact) mass is 467 g/mol. The molecule has 0 unspecified atom stereocenters. The van der Waals surface area contributed by atoms with E-state index < -0.39 is 31.1 Å². The van der Waals surface area contributed by atoms with Crippen molar-refractivity contribution in [3.63, 3.8) is 0 Å². The molecule has 0 spiro atoms.